The number of nitrogens with zero attached hydrogens (tertiary/aromatic N) is 2. The van der Waals surface area contributed by atoms with Crippen LogP contribution < -0.4 is 0 Å². The first kappa shape index (κ1) is 22.6. The van der Waals surface area contributed by atoms with E-state index >= 15 is 0 Å². The molecule has 6 aromatic carbocycles. The Morgan fingerprint density at radius 1 is 0.561 bits per heavy atom. The van der Waals surface area contributed by atoms with Gasteiger partial charge in [-0.3, -0.25) is 4.57 Å². The molecule has 2 heteroatoms. The van der Waals surface area contributed by atoms with Crippen LogP contribution >= 0.6 is 0 Å². The summed E-state index contributed by atoms with van der Waals surface area (Å²) in [6.07, 6.45) is 6.52. The fourth-order valence-corrected chi connectivity index (χ4v) is 6.89. The fraction of sp³-hybridized carbons (Fsp3) is 0.0513. The highest BCUT2D eigenvalue weighted by molar-refractivity contribution is 6.18. The maximum absolute atomic E-state index is 5.11. The number of aromatic nitrogens is 2. The van der Waals surface area contributed by atoms with Crippen LogP contribution in [0.15, 0.2) is 127 Å². The molecule has 0 N–H and O–H groups in total. The van der Waals surface area contributed by atoms with Crippen molar-refractivity contribution in [1.82, 2.24) is 9.55 Å². The Balaban J connectivity index is 1.18. The SMILES string of the molecule is C1=Cc2c(nc(-c3ccccc3)n2-c2ccc3cc(-c4ccc5c6c(cccc46)-c4ccccc4-5)ccc3c2)CC1. The molecule has 0 bridgehead atoms. The zero-order chi connectivity index (χ0) is 26.9. The lowest BCUT2D eigenvalue weighted by Crippen LogP contribution is -2.02. The molecular formula is C39H26N2. The number of hydrogen-bond acceptors (Lipinski definition) is 1. The van der Waals surface area contributed by atoms with Crippen LogP contribution in [0.3, 0.4) is 0 Å². The molecule has 2 nitrogen and oxygen atoms in total. The number of hydrogen-bond donors (Lipinski definition) is 0. The van der Waals surface area contributed by atoms with Crippen molar-refractivity contribution in [3.05, 3.63) is 139 Å². The molecule has 2 aliphatic rings. The van der Waals surface area contributed by atoms with E-state index in [1.165, 1.54) is 66.3 Å². The van der Waals surface area contributed by atoms with Crippen LogP contribution in [0.1, 0.15) is 17.8 Å². The minimum Gasteiger partial charge on any atom is -0.293 e. The van der Waals surface area contributed by atoms with E-state index in [9.17, 15) is 0 Å². The predicted octanol–water partition coefficient (Wildman–Crippen LogP) is 10.1. The molecular weight excluding hydrogens is 496 g/mol. The van der Waals surface area contributed by atoms with Crippen LogP contribution in [0.25, 0.3) is 78.1 Å². The number of allylic oxidation sites excluding steroid dienone is 1. The first-order valence-electron chi connectivity index (χ1n) is 14.4. The van der Waals surface area contributed by atoms with Gasteiger partial charge in [0.1, 0.15) is 5.82 Å². The molecule has 9 rings (SSSR count). The largest absolute Gasteiger partial charge is 0.293 e. The Morgan fingerprint density at radius 3 is 2.17 bits per heavy atom. The van der Waals surface area contributed by atoms with E-state index in [2.05, 4.69) is 138 Å². The second kappa shape index (κ2) is 8.64. The fourth-order valence-electron chi connectivity index (χ4n) is 6.89. The molecule has 0 atom stereocenters. The van der Waals surface area contributed by atoms with Crippen LogP contribution in [-0.2, 0) is 6.42 Å². The molecule has 0 amide bonds. The highest BCUT2D eigenvalue weighted by atomic mass is 15.1. The third-order valence-electron chi connectivity index (χ3n) is 8.79. The topological polar surface area (TPSA) is 17.8 Å². The van der Waals surface area contributed by atoms with Gasteiger partial charge in [0, 0.05) is 11.3 Å². The van der Waals surface area contributed by atoms with Crippen molar-refractivity contribution in [2.45, 2.75) is 12.8 Å². The smallest absolute Gasteiger partial charge is 0.145 e. The molecule has 192 valence electrons. The number of rotatable bonds is 3. The molecule has 0 radical (unpaired) electrons. The molecule has 0 spiro atoms. The summed E-state index contributed by atoms with van der Waals surface area (Å²) >= 11 is 0. The number of imidazole rings is 1. The highest BCUT2D eigenvalue weighted by Gasteiger charge is 2.23. The van der Waals surface area contributed by atoms with E-state index in [0.29, 0.717) is 0 Å². The molecule has 1 aromatic heterocycles. The van der Waals surface area contributed by atoms with Crippen molar-refractivity contribution in [1.29, 1.82) is 0 Å². The average molecular weight is 523 g/mol. The lowest BCUT2D eigenvalue weighted by atomic mass is 9.93. The lowest BCUT2D eigenvalue weighted by molar-refractivity contribution is 0.937. The molecule has 0 saturated carbocycles. The number of aryl methyl sites for hydroxylation is 1. The van der Waals surface area contributed by atoms with E-state index in [-0.39, 0.29) is 0 Å². The normalized spacial score (nSPS) is 13.1. The first-order chi connectivity index (χ1) is 20.3. The molecule has 7 aromatic rings. The van der Waals surface area contributed by atoms with Crippen LogP contribution in [-0.4, -0.2) is 9.55 Å². The summed E-state index contributed by atoms with van der Waals surface area (Å²) in [5, 5.41) is 5.15. The quantitative estimate of drug-likeness (QED) is 0.226. The standard InChI is InChI=1S/C39H26N2/c1-2-9-25(10-3-1)39-40-36-15-6-7-16-37(36)41(39)29-20-19-26-23-28(18-17-27(26)24-29)30-21-22-35-32-12-5-4-11-31(32)34-14-8-13-33(30)38(34)35/h1-5,7-14,16-24H,6,15H2. The van der Waals surface area contributed by atoms with Gasteiger partial charge in [-0.05, 0) is 92.0 Å². The van der Waals surface area contributed by atoms with Gasteiger partial charge in [0.15, 0.2) is 0 Å². The van der Waals surface area contributed by atoms with Crippen LogP contribution in [0.2, 0.25) is 0 Å². The van der Waals surface area contributed by atoms with Crippen LogP contribution in [0.5, 0.6) is 0 Å². The van der Waals surface area contributed by atoms with E-state index in [1.54, 1.807) is 0 Å². The lowest BCUT2D eigenvalue weighted by Gasteiger charge is -2.14. The minimum absolute atomic E-state index is 0.981. The maximum Gasteiger partial charge on any atom is 0.145 e. The Labute approximate surface area is 238 Å². The van der Waals surface area contributed by atoms with E-state index in [4.69, 9.17) is 4.98 Å². The number of benzene rings is 6. The summed E-state index contributed by atoms with van der Waals surface area (Å²) in [4.78, 5) is 5.11. The summed E-state index contributed by atoms with van der Waals surface area (Å²) in [7, 11) is 0. The van der Waals surface area contributed by atoms with E-state index in [1.807, 2.05) is 0 Å². The van der Waals surface area contributed by atoms with Crippen molar-refractivity contribution in [3.8, 4) is 50.5 Å². The number of fused-ring (bicyclic) bond motifs is 5. The molecule has 2 aliphatic carbocycles. The van der Waals surface area contributed by atoms with Crippen LogP contribution in [0.4, 0.5) is 0 Å². The Hall–Kier alpha value is -5.21. The van der Waals surface area contributed by atoms with Gasteiger partial charge in [-0.1, -0.05) is 109 Å². The maximum atomic E-state index is 5.11. The zero-order valence-electron chi connectivity index (χ0n) is 22.5. The molecule has 0 unspecified atom stereocenters. The molecule has 0 fully saturated rings. The second-order valence-electron chi connectivity index (χ2n) is 11.1. The highest BCUT2D eigenvalue weighted by Crippen LogP contribution is 2.49. The van der Waals surface area contributed by atoms with Crippen molar-refractivity contribution >= 4 is 27.6 Å². The van der Waals surface area contributed by atoms with Gasteiger partial charge < -0.3 is 0 Å². The predicted molar refractivity (Wildman–Crippen MR) is 171 cm³/mol. The third kappa shape index (κ3) is 3.34. The summed E-state index contributed by atoms with van der Waals surface area (Å²) < 4.78 is 2.33. The molecule has 41 heavy (non-hydrogen) atoms. The summed E-state index contributed by atoms with van der Waals surface area (Å²) in [6, 6.07) is 44.3. The summed E-state index contributed by atoms with van der Waals surface area (Å²) in [5.41, 5.74) is 12.5. The van der Waals surface area contributed by atoms with Gasteiger partial charge in [-0.2, -0.15) is 0 Å². The monoisotopic (exact) mass is 522 g/mol. The van der Waals surface area contributed by atoms with Crippen molar-refractivity contribution in [2.75, 3.05) is 0 Å². The minimum atomic E-state index is 0.981. The van der Waals surface area contributed by atoms with E-state index in [0.717, 1.165) is 29.9 Å². The molecule has 0 saturated heterocycles. The van der Waals surface area contributed by atoms with Gasteiger partial charge in [0.05, 0.1) is 11.4 Å². The molecule has 0 aliphatic heterocycles. The first-order valence-corrected chi connectivity index (χ1v) is 14.4. The molecule has 1 heterocycles. The van der Waals surface area contributed by atoms with Crippen molar-refractivity contribution < 1.29 is 0 Å². The Bertz CT molecular complexity index is 2170. The van der Waals surface area contributed by atoms with Gasteiger partial charge in [-0.15, -0.1) is 0 Å². The Kier molecular flexibility index (Phi) is 4.76. The average Bonchev–Trinajstić information content (AvgIpc) is 3.59. The van der Waals surface area contributed by atoms with Crippen molar-refractivity contribution in [3.63, 3.8) is 0 Å². The second-order valence-corrected chi connectivity index (χ2v) is 11.1. The van der Waals surface area contributed by atoms with Gasteiger partial charge in [-0.25, -0.2) is 4.98 Å². The Morgan fingerprint density at radius 2 is 1.29 bits per heavy atom. The zero-order valence-corrected chi connectivity index (χ0v) is 22.5. The van der Waals surface area contributed by atoms with Gasteiger partial charge in [0.25, 0.3) is 0 Å². The summed E-state index contributed by atoms with van der Waals surface area (Å²) in [5.74, 6) is 1.01. The van der Waals surface area contributed by atoms with Gasteiger partial charge in [0.2, 0.25) is 0 Å². The van der Waals surface area contributed by atoms with E-state index < -0.39 is 0 Å². The van der Waals surface area contributed by atoms with Crippen LogP contribution in [0, 0.1) is 0 Å². The van der Waals surface area contributed by atoms with Gasteiger partial charge >= 0.3 is 0 Å². The van der Waals surface area contributed by atoms with Crippen molar-refractivity contribution in [2.24, 2.45) is 0 Å². The summed E-state index contributed by atoms with van der Waals surface area (Å²) in [6.45, 7) is 0. The third-order valence-corrected chi connectivity index (χ3v) is 8.79.